The highest BCUT2D eigenvalue weighted by molar-refractivity contribution is 6.02. The van der Waals surface area contributed by atoms with Crippen molar-refractivity contribution in [1.29, 1.82) is 0 Å². The second-order valence-electron chi connectivity index (χ2n) is 7.14. The summed E-state index contributed by atoms with van der Waals surface area (Å²) in [4.78, 5) is 17.5. The first kappa shape index (κ1) is 18.6. The molecule has 0 saturated carbocycles. The van der Waals surface area contributed by atoms with Crippen LogP contribution in [-0.2, 0) is 0 Å². The fourth-order valence-electron chi connectivity index (χ4n) is 3.18. The summed E-state index contributed by atoms with van der Waals surface area (Å²) in [5.41, 5.74) is 5.81. The monoisotopic (exact) mass is 382 g/mol. The highest BCUT2D eigenvalue weighted by Crippen LogP contribution is 2.23. The number of nitrogens with one attached hydrogen (secondary N) is 1. The van der Waals surface area contributed by atoms with Crippen molar-refractivity contribution in [2.24, 2.45) is 0 Å². The molecular weight excluding hydrogens is 360 g/mol. The summed E-state index contributed by atoms with van der Waals surface area (Å²) in [7, 11) is 0. The Morgan fingerprint density at radius 3 is 2.24 bits per heavy atom. The third-order valence-corrected chi connectivity index (χ3v) is 4.75. The maximum absolute atomic E-state index is 12.9. The molecule has 0 saturated heterocycles. The summed E-state index contributed by atoms with van der Waals surface area (Å²) in [6.45, 7) is 6.03. The van der Waals surface area contributed by atoms with E-state index in [2.05, 4.69) is 15.4 Å². The zero-order valence-corrected chi connectivity index (χ0v) is 16.7. The van der Waals surface area contributed by atoms with Crippen LogP contribution in [-0.4, -0.2) is 20.7 Å². The summed E-state index contributed by atoms with van der Waals surface area (Å²) >= 11 is 0. The Labute approximate surface area is 170 Å². The number of hydrogen-bond donors (Lipinski definition) is 1. The molecule has 5 nitrogen and oxygen atoms in total. The Morgan fingerprint density at radius 1 is 0.862 bits per heavy atom. The first-order chi connectivity index (χ1) is 14.0. The topological polar surface area (TPSA) is 59.8 Å². The quantitative estimate of drug-likeness (QED) is 0.533. The van der Waals surface area contributed by atoms with Crippen LogP contribution in [0.1, 0.15) is 27.3 Å². The largest absolute Gasteiger partial charge is 0.319 e. The number of para-hydroxylation sites is 1. The molecule has 0 unspecified atom stereocenters. The maximum Gasteiger partial charge on any atom is 0.295 e. The lowest BCUT2D eigenvalue weighted by atomic mass is 10.1. The van der Waals surface area contributed by atoms with E-state index in [1.807, 2.05) is 93.6 Å². The number of benzene rings is 3. The number of carbonyl (C=O) groups excluding carboxylic acids is 1. The molecule has 1 aromatic heterocycles. The second-order valence-corrected chi connectivity index (χ2v) is 7.14. The maximum atomic E-state index is 12.9. The number of nitrogens with zero attached hydrogens (tertiary/aromatic N) is 3. The Morgan fingerprint density at radius 2 is 1.55 bits per heavy atom. The number of aryl methyl sites for hydroxylation is 3. The summed E-state index contributed by atoms with van der Waals surface area (Å²) in [6.07, 6.45) is 0. The van der Waals surface area contributed by atoms with Gasteiger partial charge < -0.3 is 5.32 Å². The lowest BCUT2D eigenvalue weighted by Crippen LogP contribution is -2.15. The van der Waals surface area contributed by atoms with Crippen molar-refractivity contribution in [3.05, 3.63) is 95.3 Å². The number of amides is 1. The van der Waals surface area contributed by atoms with Gasteiger partial charge in [-0.25, -0.2) is 9.67 Å². The van der Waals surface area contributed by atoms with Gasteiger partial charge in [0.25, 0.3) is 5.91 Å². The van der Waals surface area contributed by atoms with Gasteiger partial charge in [-0.05, 0) is 44.5 Å². The lowest BCUT2D eigenvalue weighted by molar-refractivity contribution is 0.101. The predicted molar refractivity (Wildman–Crippen MR) is 115 cm³/mol. The molecule has 1 amide bonds. The van der Waals surface area contributed by atoms with Gasteiger partial charge in [-0.15, -0.1) is 5.10 Å². The van der Waals surface area contributed by atoms with Crippen LogP contribution in [0.15, 0.2) is 72.8 Å². The highest BCUT2D eigenvalue weighted by Gasteiger charge is 2.19. The van der Waals surface area contributed by atoms with Crippen molar-refractivity contribution in [3.8, 4) is 17.1 Å². The minimum Gasteiger partial charge on any atom is -0.319 e. The van der Waals surface area contributed by atoms with E-state index < -0.39 is 0 Å². The Balaban J connectivity index is 1.74. The van der Waals surface area contributed by atoms with Crippen LogP contribution in [0.2, 0.25) is 0 Å². The van der Waals surface area contributed by atoms with Gasteiger partial charge in [-0.1, -0.05) is 65.7 Å². The van der Waals surface area contributed by atoms with Crippen LogP contribution in [0, 0.1) is 20.8 Å². The molecule has 3 aromatic carbocycles. The fraction of sp³-hybridized carbons (Fsp3) is 0.125. The molecule has 5 heteroatoms. The smallest absolute Gasteiger partial charge is 0.295 e. The van der Waals surface area contributed by atoms with Gasteiger partial charge in [0, 0.05) is 11.3 Å². The average molecular weight is 382 g/mol. The van der Waals surface area contributed by atoms with Gasteiger partial charge in [0.15, 0.2) is 5.82 Å². The zero-order valence-electron chi connectivity index (χ0n) is 16.7. The molecule has 0 atom stereocenters. The normalized spacial score (nSPS) is 10.7. The van der Waals surface area contributed by atoms with Crippen LogP contribution < -0.4 is 5.32 Å². The molecule has 4 rings (SSSR count). The van der Waals surface area contributed by atoms with Crippen molar-refractivity contribution in [2.45, 2.75) is 20.8 Å². The molecule has 0 aliphatic heterocycles. The zero-order chi connectivity index (χ0) is 20.4. The summed E-state index contributed by atoms with van der Waals surface area (Å²) in [6, 6.07) is 23.6. The van der Waals surface area contributed by atoms with E-state index in [9.17, 15) is 4.79 Å². The number of anilines is 1. The summed E-state index contributed by atoms with van der Waals surface area (Å²) in [5.74, 6) is 0.423. The van der Waals surface area contributed by atoms with Crippen LogP contribution in [0.4, 0.5) is 5.69 Å². The van der Waals surface area contributed by atoms with Crippen molar-refractivity contribution in [2.75, 3.05) is 5.32 Å². The average Bonchev–Trinajstić information content (AvgIpc) is 3.17. The highest BCUT2D eigenvalue weighted by atomic mass is 16.2. The molecule has 1 N–H and O–H groups in total. The SMILES string of the molecule is Cc1ccc(-c2nc(C(=O)Nc3ccc(C)cc3C)nn2-c2ccccc2)cc1. The number of rotatable bonds is 4. The van der Waals surface area contributed by atoms with E-state index in [0.717, 1.165) is 33.6 Å². The van der Waals surface area contributed by atoms with Crippen LogP contribution in [0.3, 0.4) is 0 Å². The van der Waals surface area contributed by atoms with Crippen LogP contribution in [0.5, 0.6) is 0 Å². The van der Waals surface area contributed by atoms with Gasteiger partial charge in [-0.3, -0.25) is 4.79 Å². The van der Waals surface area contributed by atoms with Crippen molar-refractivity contribution < 1.29 is 4.79 Å². The number of carbonyl (C=O) groups is 1. The molecular formula is C24H22N4O. The van der Waals surface area contributed by atoms with E-state index in [4.69, 9.17) is 0 Å². The molecule has 0 aliphatic carbocycles. The molecule has 0 bridgehead atoms. The van der Waals surface area contributed by atoms with Gasteiger partial charge in [0.2, 0.25) is 5.82 Å². The Hall–Kier alpha value is -3.73. The summed E-state index contributed by atoms with van der Waals surface area (Å²) < 4.78 is 1.71. The first-order valence-corrected chi connectivity index (χ1v) is 9.49. The minimum absolute atomic E-state index is 0.129. The number of hydrogen-bond acceptors (Lipinski definition) is 3. The molecule has 0 aliphatic rings. The van der Waals surface area contributed by atoms with Crippen molar-refractivity contribution >= 4 is 11.6 Å². The van der Waals surface area contributed by atoms with Gasteiger partial charge in [0.05, 0.1) is 5.69 Å². The van der Waals surface area contributed by atoms with Gasteiger partial charge >= 0.3 is 0 Å². The fourth-order valence-corrected chi connectivity index (χ4v) is 3.18. The van der Waals surface area contributed by atoms with Gasteiger partial charge in [-0.2, -0.15) is 0 Å². The van der Waals surface area contributed by atoms with E-state index in [0.29, 0.717) is 5.82 Å². The number of aromatic nitrogens is 3. The third kappa shape index (κ3) is 3.94. The van der Waals surface area contributed by atoms with Crippen LogP contribution in [0.25, 0.3) is 17.1 Å². The van der Waals surface area contributed by atoms with Crippen molar-refractivity contribution in [1.82, 2.24) is 14.8 Å². The lowest BCUT2D eigenvalue weighted by Gasteiger charge is -2.07. The predicted octanol–water partition coefficient (Wildman–Crippen LogP) is 5.11. The molecule has 1 heterocycles. The Kier molecular flexibility index (Phi) is 4.96. The van der Waals surface area contributed by atoms with Crippen LogP contribution >= 0.6 is 0 Å². The van der Waals surface area contributed by atoms with E-state index in [1.54, 1.807) is 4.68 Å². The van der Waals surface area contributed by atoms with E-state index in [-0.39, 0.29) is 11.7 Å². The Bertz CT molecular complexity index is 1160. The first-order valence-electron chi connectivity index (χ1n) is 9.49. The van der Waals surface area contributed by atoms with E-state index in [1.165, 1.54) is 0 Å². The summed E-state index contributed by atoms with van der Waals surface area (Å²) in [5, 5.41) is 7.45. The molecule has 0 radical (unpaired) electrons. The van der Waals surface area contributed by atoms with Gasteiger partial charge in [0.1, 0.15) is 0 Å². The molecule has 144 valence electrons. The second kappa shape index (κ2) is 7.72. The molecule has 4 aromatic rings. The molecule has 0 spiro atoms. The standard InChI is InChI=1S/C24H22N4O/c1-16-9-12-19(13-10-16)23-26-22(27-28(23)20-7-5-4-6-8-20)24(29)25-21-14-11-17(2)15-18(21)3/h4-15H,1-3H3,(H,25,29). The molecule has 0 fully saturated rings. The third-order valence-electron chi connectivity index (χ3n) is 4.75. The minimum atomic E-state index is -0.333. The molecule has 29 heavy (non-hydrogen) atoms. The van der Waals surface area contributed by atoms with Crippen molar-refractivity contribution in [3.63, 3.8) is 0 Å². The van der Waals surface area contributed by atoms with E-state index >= 15 is 0 Å².